The van der Waals surface area contributed by atoms with Crippen LogP contribution >= 0.6 is 12.2 Å². The summed E-state index contributed by atoms with van der Waals surface area (Å²) in [5.41, 5.74) is 5.69. The van der Waals surface area contributed by atoms with Crippen molar-refractivity contribution in [3.8, 4) is 0 Å². The molecule has 0 aromatic carbocycles. The summed E-state index contributed by atoms with van der Waals surface area (Å²) in [6, 6.07) is 0.106. The summed E-state index contributed by atoms with van der Waals surface area (Å²) in [5.74, 6) is 0.163. The van der Waals surface area contributed by atoms with Crippen LogP contribution in [-0.4, -0.2) is 66.1 Å². The Morgan fingerprint density at radius 3 is 2.71 bits per heavy atom. The molecule has 2 fully saturated rings. The fourth-order valence-corrected chi connectivity index (χ4v) is 2.69. The van der Waals surface area contributed by atoms with Crippen molar-refractivity contribution < 1.29 is 9.53 Å². The Kier molecular flexibility index (Phi) is 4.31. The van der Waals surface area contributed by atoms with E-state index in [0.717, 1.165) is 19.4 Å². The van der Waals surface area contributed by atoms with Crippen molar-refractivity contribution in [1.82, 2.24) is 9.80 Å². The zero-order valence-corrected chi connectivity index (χ0v) is 10.7. The minimum Gasteiger partial charge on any atom is -0.392 e. The van der Waals surface area contributed by atoms with E-state index in [1.165, 1.54) is 0 Å². The molecule has 0 saturated carbocycles. The lowest BCUT2D eigenvalue weighted by molar-refractivity contribution is -0.136. The first-order valence-electron chi connectivity index (χ1n) is 6.07. The van der Waals surface area contributed by atoms with Gasteiger partial charge in [0.05, 0.1) is 30.8 Å². The third-order valence-electron chi connectivity index (χ3n) is 3.39. The summed E-state index contributed by atoms with van der Waals surface area (Å²) in [6.07, 6.45) is 2.05. The van der Waals surface area contributed by atoms with Crippen LogP contribution in [0.1, 0.15) is 12.8 Å². The normalized spacial score (nSPS) is 26.1. The average Bonchev–Trinajstić information content (AvgIpc) is 2.78. The number of nitrogens with zero attached hydrogens (tertiary/aromatic N) is 2. The molecule has 1 unspecified atom stereocenters. The van der Waals surface area contributed by atoms with Gasteiger partial charge in [0, 0.05) is 13.1 Å². The number of hydrogen-bond acceptors (Lipinski definition) is 4. The largest absolute Gasteiger partial charge is 0.392 e. The summed E-state index contributed by atoms with van der Waals surface area (Å²) in [5, 5.41) is 0. The lowest BCUT2D eigenvalue weighted by Gasteiger charge is -2.30. The molecule has 0 bridgehead atoms. The Morgan fingerprint density at radius 1 is 1.35 bits per heavy atom. The molecule has 0 spiro atoms. The minimum atomic E-state index is 0.106. The molecule has 2 heterocycles. The Labute approximate surface area is 107 Å². The van der Waals surface area contributed by atoms with E-state index in [9.17, 15) is 4.79 Å². The first kappa shape index (κ1) is 12.7. The van der Waals surface area contributed by atoms with Crippen LogP contribution in [0.2, 0.25) is 0 Å². The maximum Gasteiger partial charge on any atom is 0.236 e. The maximum absolute atomic E-state index is 12.1. The number of thiocarbonyl (C=S) groups is 1. The van der Waals surface area contributed by atoms with E-state index in [-0.39, 0.29) is 11.9 Å². The molecule has 17 heavy (non-hydrogen) atoms. The van der Waals surface area contributed by atoms with E-state index < -0.39 is 0 Å². The van der Waals surface area contributed by atoms with E-state index in [2.05, 4.69) is 4.90 Å². The van der Waals surface area contributed by atoms with Crippen LogP contribution in [0.15, 0.2) is 0 Å². The molecule has 2 N–H and O–H groups in total. The van der Waals surface area contributed by atoms with Gasteiger partial charge in [-0.1, -0.05) is 12.2 Å². The molecule has 96 valence electrons. The van der Waals surface area contributed by atoms with Crippen LogP contribution < -0.4 is 5.73 Å². The number of morpholine rings is 1. The summed E-state index contributed by atoms with van der Waals surface area (Å²) >= 11 is 5.03. The highest BCUT2D eigenvalue weighted by Crippen LogP contribution is 2.17. The van der Waals surface area contributed by atoms with Crippen LogP contribution in [-0.2, 0) is 9.53 Å². The highest BCUT2D eigenvalue weighted by molar-refractivity contribution is 7.80. The smallest absolute Gasteiger partial charge is 0.236 e. The van der Waals surface area contributed by atoms with E-state index in [4.69, 9.17) is 22.7 Å². The standard InChI is InChI=1S/C11H19N3O2S/c12-11(17)9-2-1-3-14(9)8-10(15)13-4-6-16-7-5-13/h9H,1-8H2,(H2,12,17). The molecule has 1 amide bonds. The molecule has 0 aromatic rings. The van der Waals surface area contributed by atoms with E-state index in [1.807, 2.05) is 4.90 Å². The highest BCUT2D eigenvalue weighted by Gasteiger charge is 2.29. The second-order valence-electron chi connectivity index (χ2n) is 4.52. The zero-order chi connectivity index (χ0) is 12.3. The Hall–Kier alpha value is -0.720. The van der Waals surface area contributed by atoms with Crippen LogP contribution in [0.3, 0.4) is 0 Å². The monoisotopic (exact) mass is 257 g/mol. The van der Waals surface area contributed by atoms with Gasteiger partial charge in [0.15, 0.2) is 0 Å². The number of likely N-dealkylation sites (tertiary alicyclic amines) is 1. The fourth-order valence-electron chi connectivity index (χ4n) is 2.42. The molecule has 0 aliphatic carbocycles. The summed E-state index contributed by atoms with van der Waals surface area (Å²) < 4.78 is 5.23. The number of ether oxygens (including phenoxy) is 1. The van der Waals surface area contributed by atoms with Crippen LogP contribution in [0.5, 0.6) is 0 Å². The zero-order valence-electron chi connectivity index (χ0n) is 9.93. The molecule has 0 radical (unpaired) electrons. The van der Waals surface area contributed by atoms with Crippen molar-refractivity contribution in [1.29, 1.82) is 0 Å². The van der Waals surface area contributed by atoms with Crippen LogP contribution in [0.4, 0.5) is 0 Å². The third-order valence-corrected chi connectivity index (χ3v) is 3.67. The number of carbonyl (C=O) groups excluding carboxylic acids is 1. The van der Waals surface area contributed by atoms with Gasteiger partial charge in [0.2, 0.25) is 5.91 Å². The van der Waals surface area contributed by atoms with Gasteiger partial charge in [-0.3, -0.25) is 9.69 Å². The number of carbonyl (C=O) groups is 1. The molecule has 2 aliphatic heterocycles. The Balaban J connectivity index is 1.86. The predicted octanol–water partition coefficient (Wildman–Crippen LogP) is -0.404. The number of amides is 1. The molecule has 2 aliphatic rings. The first-order valence-corrected chi connectivity index (χ1v) is 6.48. The molecule has 6 heteroatoms. The van der Waals surface area contributed by atoms with Gasteiger partial charge in [0.1, 0.15) is 0 Å². The van der Waals surface area contributed by atoms with E-state index in [1.54, 1.807) is 0 Å². The van der Waals surface area contributed by atoms with Crippen molar-refractivity contribution in [3.63, 3.8) is 0 Å². The molecule has 2 saturated heterocycles. The van der Waals surface area contributed by atoms with Gasteiger partial charge in [-0.05, 0) is 19.4 Å². The number of rotatable bonds is 3. The van der Waals surface area contributed by atoms with Crippen molar-refractivity contribution >= 4 is 23.1 Å². The lowest BCUT2D eigenvalue weighted by Crippen LogP contribution is -2.48. The van der Waals surface area contributed by atoms with Gasteiger partial charge in [-0.25, -0.2) is 0 Å². The number of hydrogen-bond donors (Lipinski definition) is 1. The van der Waals surface area contributed by atoms with Crippen LogP contribution in [0, 0.1) is 0 Å². The molecular weight excluding hydrogens is 238 g/mol. The topological polar surface area (TPSA) is 58.8 Å². The molecule has 1 atom stereocenters. The fraction of sp³-hybridized carbons (Fsp3) is 0.818. The second kappa shape index (κ2) is 5.75. The SMILES string of the molecule is NC(=S)C1CCCN1CC(=O)N1CCOCC1. The van der Waals surface area contributed by atoms with Crippen molar-refractivity contribution in [3.05, 3.63) is 0 Å². The Bertz CT molecular complexity index is 305. The molecule has 2 rings (SSSR count). The lowest BCUT2D eigenvalue weighted by atomic mass is 10.2. The molecular formula is C11H19N3O2S. The van der Waals surface area contributed by atoms with Crippen molar-refractivity contribution in [2.24, 2.45) is 5.73 Å². The van der Waals surface area contributed by atoms with Gasteiger partial charge >= 0.3 is 0 Å². The van der Waals surface area contributed by atoms with Gasteiger partial charge in [-0.15, -0.1) is 0 Å². The van der Waals surface area contributed by atoms with E-state index in [0.29, 0.717) is 37.8 Å². The van der Waals surface area contributed by atoms with E-state index >= 15 is 0 Å². The quantitative estimate of drug-likeness (QED) is 0.697. The predicted molar refractivity (Wildman–Crippen MR) is 68.8 cm³/mol. The molecule has 0 aromatic heterocycles. The first-order chi connectivity index (χ1) is 8.18. The van der Waals surface area contributed by atoms with Crippen LogP contribution in [0.25, 0.3) is 0 Å². The number of nitrogens with two attached hydrogens (primary N) is 1. The van der Waals surface area contributed by atoms with Gasteiger partial charge in [0.25, 0.3) is 0 Å². The maximum atomic E-state index is 12.1. The second-order valence-corrected chi connectivity index (χ2v) is 5.00. The van der Waals surface area contributed by atoms with Crippen molar-refractivity contribution in [2.45, 2.75) is 18.9 Å². The van der Waals surface area contributed by atoms with Crippen molar-refractivity contribution in [2.75, 3.05) is 39.4 Å². The Morgan fingerprint density at radius 2 is 2.06 bits per heavy atom. The summed E-state index contributed by atoms with van der Waals surface area (Å²) in [4.78, 5) is 16.5. The van der Waals surface area contributed by atoms with Gasteiger partial charge < -0.3 is 15.4 Å². The summed E-state index contributed by atoms with van der Waals surface area (Å²) in [7, 11) is 0. The summed E-state index contributed by atoms with van der Waals surface area (Å²) in [6.45, 7) is 4.03. The average molecular weight is 257 g/mol. The minimum absolute atomic E-state index is 0.106. The molecule has 5 nitrogen and oxygen atoms in total. The highest BCUT2D eigenvalue weighted by atomic mass is 32.1. The third kappa shape index (κ3) is 3.14. The van der Waals surface area contributed by atoms with Gasteiger partial charge in [-0.2, -0.15) is 0 Å².